The van der Waals surface area contributed by atoms with Gasteiger partial charge in [-0.1, -0.05) is 59.6 Å². The van der Waals surface area contributed by atoms with Gasteiger partial charge in [0, 0.05) is 0 Å². The lowest BCUT2D eigenvalue weighted by molar-refractivity contribution is -0.134. The molecular weight excluding hydrogens is 425 g/mol. The van der Waals surface area contributed by atoms with Crippen molar-refractivity contribution in [2.75, 3.05) is 6.54 Å². The Morgan fingerprint density at radius 1 is 1.13 bits per heavy atom. The summed E-state index contributed by atoms with van der Waals surface area (Å²) in [7, 11) is 0. The molecule has 0 unspecified atom stereocenters. The van der Waals surface area contributed by atoms with E-state index in [0.717, 1.165) is 16.0 Å². The van der Waals surface area contributed by atoms with Crippen molar-refractivity contribution in [1.29, 1.82) is 0 Å². The third kappa shape index (κ3) is 4.94. The lowest BCUT2D eigenvalue weighted by Crippen LogP contribution is -2.45. The summed E-state index contributed by atoms with van der Waals surface area (Å²) in [4.78, 5) is 38.7. The predicted octanol–water partition coefficient (Wildman–Crippen LogP) is 4.11. The number of benzene rings is 2. The largest absolute Gasteiger partial charge is 0.348 e. The lowest BCUT2D eigenvalue weighted by Gasteiger charge is -2.22. The van der Waals surface area contributed by atoms with Crippen LogP contribution in [0.3, 0.4) is 0 Å². The molecule has 2 aromatic carbocycles. The van der Waals surface area contributed by atoms with Gasteiger partial charge in [0.15, 0.2) is 0 Å². The zero-order valence-corrected chi connectivity index (χ0v) is 18.3. The van der Waals surface area contributed by atoms with Crippen LogP contribution in [0, 0.1) is 0 Å². The molecule has 8 heteroatoms. The second-order valence-corrected chi connectivity index (χ2v) is 8.42. The SMILES string of the molecule is C[C@H](NC(=O)CN1C(=O)N[C@@](C)(CCc2ccccc2)C1=O)c1ccc(Cl)c(Cl)c1. The molecular formula is C22H23Cl2N3O3. The minimum absolute atomic E-state index is 0.350. The molecule has 30 heavy (non-hydrogen) atoms. The number of halogens is 2. The maximum atomic E-state index is 12.9. The number of carbonyl (C=O) groups excluding carboxylic acids is 3. The summed E-state index contributed by atoms with van der Waals surface area (Å²) in [6.45, 7) is 3.12. The highest BCUT2D eigenvalue weighted by atomic mass is 35.5. The van der Waals surface area contributed by atoms with E-state index in [0.29, 0.717) is 22.9 Å². The normalized spacial score (nSPS) is 19.5. The minimum Gasteiger partial charge on any atom is -0.348 e. The van der Waals surface area contributed by atoms with Crippen LogP contribution in [-0.4, -0.2) is 34.8 Å². The summed E-state index contributed by atoms with van der Waals surface area (Å²) < 4.78 is 0. The van der Waals surface area contributed by atoms with Crippen LogP contribution in [0.25, 0.3) is 0 Å². The van der Waals surface area contributed by atoms with Gasteiger partial charge in [0.05, 0.1) is 16.1 Å². The van der Waals surface area contributed by atoms with Crippen LogP contribution in [0.2, 0.25) is 10.0 Å². The fourth-order valence-electron chi connectivity index (χ4n) is 3.39. The molecule has 6 nitrogen and oxygen atoms in total. The fourth-order valence-corrected chi connectivity index (χ4v) is 3.70. The van der Waals surface area contributed by atoms with Crippen molar-refractivity contribution in [3.8, 4) is 0 Å². The fraction of sp³-hybridized carbons (Fsp3) is 0.318. The summed E-state index contributed by atoms with van der Waals surface area (Å²) >= 11 is 11.9. The van der Waals surface area contributed by atoms with Gasteiger partial charge in [0.25, 0.3) is 5.91 Å². The van der Waals surface area contributed by atoms with Crippen molar-refractivity contribution in [3.05, 3.63) is 69.7 Å². The summed E-state index contributed by atoms with van der Waals surface area (Å²) in [6, 6.07) is 13.9. The van der Waals surface area contributed by atoms with E-state index in [9.17, 15) is 14.4 Å². The standard InChI is InChI=1S/C22H23Cl2N3O3/c1-14(16-8-9-17(23)18(24)12-16)25-19(28)13-27-20(29)22(2,26-21(27)30)11-10-15-6-4-3-5-7-15/h3-9,12,14H,10-11,13H2,1-2H3,(H,25,28)(H,26,30)/t14-,22-/m0/s1. The molecule has 0 saturated carbocycles. The zero-order chi connectivity index (χ0) is 21.9. The number of aryl methyl sites for hydroxylation is 1. The third-order valence-electron chi connectivity index (χ3n) is 5.22. The van der Waals surface area contributed by atoms with Crippen molar-refractivity contribution < 1.29 is 14.4 Å². The summed E-state index contributed by atoms with van der Waals surface area (Å²) in [5, 5.41) is 6.32. The first-order chi connectivity index (χ1) is 14.2. The Morgan fingerprint density at radius 3 is 2.50 bits per heavy atom. The smallest absolute Gasteiger partial charge is 0.325 e. The number of rotatable bonds is 7. The van der Waals surface area contributed by atoms with Crippen LogP contribution < -0.4 is 10.6 Å². The number of urea groups is 1. The molecule has 1 aliphatic heterocycles. The third-order valence-corrected chi connectivity index (χ3v) is 5.96. The molecule has 0 radical (unpaired) electrons. The quantitative estimate of drug-likeness (QED) is 0.626. The van der Waals surface area contributed by atoms with Crippen molar-refractivity contribution in [3.63, 3.8) is 0 Å². The maximum absolute atomic E-state index is 12.9. The van der Waals surface area contributed by atoms with E-state index in [-0.39, 0.29) is 12.6 Å². The van der Waals surface area contributed by atoms with E-state index < -0.39 is 23.4 Å². The first-order valence-electron chi connectivity index (χ1n) is 9.62. The highest BCUT2D eigenvalue weighted by Crippen LogP contribution is 2.26. The van der Waals surface area contributed by atoms with E-state index in [1.54, 1.807) is 32.0 Å². The van der Waals surface area contributed by atoms with E-state index in [1.807, 2.05) is 30.3 Å². The van der Waals surface area contributed by atoms with Gasteiger partial charge >= 0.3 is 6.03 Å². The molecule has 2 atom stereocenters. The maximum Gasteiger partial charge on any atom is 0.325 e. The number of hydrogen-bond donors (Lipinski definition) is 2. The van der Waals surface area contributed by atoms with Crippen LogP contribution in [0.4, 0.5) is 4.79 Å². The Labute approximate surface area is 185 Å². The van der Waals surface area contributed by atoms with Gasteiger partial charge in [-0.25, -0.2) is 4.79 Å². The summed E-state index contributed by atoms with van der Waals surface area (Å²) in [5.41, 5.74) is 0.803. The monoisotopic (exact) mass is 447 g/mol. The Kier molecular flexibility index (Phi) is 6.68. The molecule has 3 rings (SSSR count). The Hall–Kier alpha value is -2.57. The highest BCUT2D eigenvalue weighted by molar-refractivity contribution is 6.42. The second-order valence-electron chi connectivity index (χ2n) is 7.60. The zero-order valence-electron chi connectivity index (χ0n) is 16.7. The highest BCUT2D eigenvalue weighted by Gasteiger charge is 2.47. The van der Waals surface area contributed by atoms with E-state index in [4.69, 9.17) is 23.2 Å². The van der Waals surface area contributed by atoms with Crippen LogP contribution in [-0.2, 0) is 16.0 Å². The Bertz CT molecular complexity index is 967. The van der Waals surface area contributed by atoms with Crippen molar-refractivity contribution in [2.24, 2.45) is 0 Å². The first kappa shape index (κ1) is 22.1. The molecule has 1 aliphatic rings. The summed E-state index contributed by atoms with van der Waals surface area (Å²) in [5.74, 6) is -0.842. The molecule has 1 heterocycles. The number of nitrogens with one attached hydrogen (secondary N) is 2. The van der Waals surface area contributed by atoms with Gasteiger partial charge in [-0.05, 0) is 49.9 Å². The average molecular weight is 448 g/mol. The molecule has 1 saturated heterocycles. The number of nitrogens with zero attached hydrogens (tertiary/aromatic N) is 1. The molecule has 1 fully saturated rings. The molecule has 2 aromatic rings. The van der Waals surface area contributed by atoms with Crippen LogP contribution >= 0.6 is 23.2 Å². The number of imide groups is 1. The summed E-state index contributed by atoms with van der Waals surface area (Å²) in [6.07, 6.45) is 1.08. The van der Waals surface area contributed by atoms with E-state index >= 15 is 0 Å². The lowest BCUT2D eigenvalue weighted by atomic mass is 9.93. The first-order valence-corrected chi connectivity index (χ1v) is 10.4. The average Bonchev–Trinajstić information content (AvgIpc) is 2.92. The molecule has 0 aliphatic carbocycles. The van der Waals surface area contributed by atoms with Gasteiger partial charge in [0.2, 0.25) is 5.91 Å². The molecule has 2 N–H and O–H groups in total. The van der Waals surface area contributed by atoms with Crippen molar-refractivity contribution in [1.82, 2.24) is 15.5 Å². The number of carbonyl (C=O) groups is 3. The molecule has 0 spiro atoms. The number of amides is 4. The Balaban J connectivity index is 1.60. The number of hydrogen-bond acceptors (Lipinski definition) is 3. The van der Waals surface area contributed by atoms with Gasteiger partial charge in [-0.15, -0.1) is 0 Å². The molecule has 0 aromatic heterocycles. The predicted molar refractivity (Wildman–Crippen MR) is 116 cm³/mol. The second kappa shape index (κ2) is 9.06. The Morgan fingerprint density at radius 2 is 1.83 bits per heavy atom. The van der Waals surface area contributed by atoms with E-state index in [1.165, 1.54) is 0 Å². The topological polar surface area (TPSA) is 78.5 Å². The van der Waals surface area contributed by atoms with Gasteiger partial charge < -0.3 is 10.6 Å². The van der Waals surface area contributed by atoms with Gasteiger partial charge in [-0.3, -0.25) is 14.5 Å². The molecule has 4 amide bonds. The van der Waals surface area contributed by atoms with Crippen LogP contribution in [0.5, 0.6) is 0 Å². The molecule has 0 bridgehead atoms. The van der Waals surface area contributed by atoms with Crippen molar-refractivity contribution in [2.45, 2.75) is 38.3 Å². The van der Waals surface area contributed by atoms with Crippen LogP contribution in [0.15, 0.2) is 48.5 Å². The van der Waals surface area contributed by atoms with Crippen LogP contribution in [0.1, 0.15) is 37.4 Å². The van der Waals surface area contributed by atoms with Gasteiger partial charge in [0.1, 0.15) is 12.1 Å². The van der Waals surface area contributed by atoms with Gasteiger partial charge in [-0.2, -0.15) is 0 Å². The minimum atomic E-state index is -1.04. The molecule has 158 valence electrons. The van der Waals surface area contributed by atoms with Crippen molar-refractivity contribution >= 4 is 41.0 Å². The van der Waals surface area contributed by atoms with E-state index in [2.05, 4.69) is 10.6 Å².